The second-order valence-electron chi connectivity index (χ2n) is 8.20. The Morgan fingerprint density at radius 1 is 1.09 bits per heavy atom. The summed E-state index contributed by atoms with van der Waals surface area (Å²) in [5, 5.41) is 2.70. The van der Waals surface area contributed by atoms with Crippen molar-refractivity contribution in [2.24, 2.45) is 7.05 Å². The molecule has 3 rings (SSSR count). The van der Waals surface area contributed by atoms with Crippen molar-refractivity contribution in [3.8, 4) is 0 Å². The number of aryl methyl sites for hydroxylation is 2. The number of hydrogen-bond acceptors (Lipinski definition) is 5. The molecule has 1 heterocycles. The van der Waals surface area contributed by atoms with Crippen molar-refractivity contribution in [2.45, 2.75) is 31.2 Å². The number of aromatic nitrogens is 2. The van der Waals surface area contributed by atoms with Gasteiger partial charge in [0.2, 0.25) is 21.8 Å². The third-order valence-electron chi connectivity index (χ3n) is 5.69. The first kappa shape index (κ1) is 25.4. The van der Waals surface area contributed by atoms with Crippen molar-refractivity contribution in [1.29, 1.82) is 0 Å². The predicted octanol–water partition coefficient (Wildman–Crippen LogP) is 1.92. The van der Waals surface area contributed by atoms with Crippen LogP contribution in [0.25, 0.3) is 11.0 Å². The van der Waals surface area contributed by atoms with Crippen molar-refractivity contribution in [3.05, 3.63) is 59.9 Å². The minimum atomic E-state index is -3.56. The summed E-state index contributed by atoms with van der Waals surface area (Å²) in [6.45, 7) is 2.89. The van der Waals surface area contributed by atoms with Gasteiger partial charge >= 0.3 is 0 Å². The Kier molecular flexibility index (Phi) is 8.06. The van der Waals surface area contributed by atoms with E-state index >= 15 is 0 Å². The average molecular weight is 486 g/mol. The predicted molar refractivity (Wildman–Crippen MR) is 130 cm³/mol. The van der Waals surface area contributed by atoms with Gasteiger partial charge < -0.3 is 14.8 Å². The molecule has 9 nitrogen and oxygen atoms in total. The molecule has 0 fully saturated rings. The van der Waals surface area contributed by atoms with Crippen LogP contribution < -0.4 is 5.32 Å². The molecule has 2 aromatic carbocycles. The molecule has 0 spiro atoms. The van der Waals surface area contributed by atoms with Crippen LogP contribution >= 0.6 is 0 Å². The van der Waals surface area contributed by atoms with E-state index in [1.807, 2.05) is 48.9 Å². The van der Waals surface area contributed by atoms with Gasteiger partial charge in [-0.2, -0.15) is 0 Å². The molecule has 0 bridgehead atoms. The molecule has 0 saturated heterocycles. The number of nitrogens with one attached hydrogen (secondary N) is 1. The van der Waals surface area contributed by atoms with Gasteiger partial charge in [-0.3, -0.25) is 9.59 Å². The maximum atomic E-state index is 12.5. The number of hydrogen-bond donors (Lipinski definition) is 1. The number of amides is 2. The fourth-order valence-electron chi connectivity index (χ4n) is 3.60. The first-order valence-electron chi connectivity index (χ1n) is 11.1. The van der Waals surface area contributed by atoms with E-state index in [1.165, 1.54) is 14.1 Å². The Morgan fingerprint density at radius 2 is 1.79 bits per heavy atom. The maximum Gasteiger partial charge on any atom is 0.242 e. The van der Waals surface area contributed by atoms with Crippen LogP contribution in [-0.2, 0) is 39.6 Å². The second-order valence-corrected chi connectivity index (χ2v) is 10.3. The summed E-state index contributed by atoms with van der Waals surface area (Å²) in [6.07, 6.45) is 0.528. The smallest absolute Gasteiger partial charge is 0.242 e. The minimum absolute atomic E-state index is 0.0617. The number of nitrogens with zero attached hydrogens (tertiary/aromatic N) is 4. The fourth-order valence-corrected chi connectivity index (χ4v) is 4.53. The molecule has 34 heavy (non-hydrogen) atoms. The van der Waals surface area contributed by atoms with Gasteiger partial charge in [0.05, 0.1) is 22.5 Å². The van der Waals surface area contributed by atoms with Gasteiger partial charge in [0.25, 0.3) is 0 Å². The molecule has 0 atom stereocenters. The Morgan fingerprint density at radius 3 is 2.44 bits per heavy atom. The molecule has 0 unspecified atom stereocenters. The molecule has 0 aliphatic rings. The summed E-state index contributed by atoms with van der Waals surface area (Å²) < 4.78 is 27.8. The van der Waals surface area contributed by atoms with Crippen LogP contribution in [0.4, 0.5) is 0 Å². The third kappa shape index (κ3) is 5.81. The van der Waals surface area contributed by atoms with E-state index in [0.29, 0.717) is 30.9 Å². The zero-order chi connectivity index (χ0) is 24.9. The Balaban J connectivity index is 1.58. The first-order chi connectivity index (χ1) is 16.1. The highest BCUT2D eigenvalue weighted by molar-refractivity contribution is 7.89. The van der Waals surface area contributed by atoms with Gasteiger partial charge in [-0.05, 0) is 30.7 Å². The molecule has 0 radical (unpaired) electrons. The maximum absolute atomic E-state index is 12.5. The van der Waals surface area contributed by atoms with Crippen molar-refractivity contribution in [3.63, 3.8) is 0 Å². The summed E-state index contributed by atoms with van der Waals surface area (Å²) in [7, 11) is 1.23. The summed E-state index contributed by atoms with van der Waals surface area (Å²) in [6, 6.07) is 14.5. The molecule has 0 aliphatic heterocycles. The number of carbonyl (C=O) groups excluding carboxylic acids is 2. The Labute approximate surface area is 200 Å². The number of sulfonamides is 1. The van der Waals surface area contributed by atoms with Crippen LogP contribution in [0.1, 0.15) is 24.7 Å². The van der Waals surface area contributed by atoms with E-state index in [9.17, 15) is 18.0 Å². The lowest BCUT2D eigenvalue weighted by Gasteiger charge is -2.21. The van der Waals surface area contributed by atoms with Gasteiger partial charge in [0.1, 0.15) is 5.82 Å². The lowest BCUT2D eigenvalue weighted by molar-refractivity contribution is -0.133. The average Bonchev–Trinajstić information content (AvgIpc) is 3.14. The fraction of sp³-hybridized carbons (Fsp3) is 0.375. The monoisotopic (exact) mass is 485 g/mol. The highest BCUT2D eigenvalue weighted by atomic mass is 32.2. The molecule has 0 aliphatic carbocycles. The van der Waals surface area contributed by atoms with Crippen molar-refractivity contribution in [2.75, 3.05) is 27.2 Å². The van der Waals surface area contributed by atoms with Gasteiger partial charge in [-0.25, -0.2) is 17.7 Å². The van der Waals surface area contributed by atoms with E-state index < -0.39 is 10.0 Å². The van der Waals surface area contributed by atoms with Crippen LogP contribution in [0.2, 0.25) is 0 Å². The highest BCUT2D eigenvalue weighted by Gasteiger charge is 2.19. The standard InChI is InChI=1S/C24H31N5O4S/c1-5-29(17-18-9-7-6-8-10-18)24(31)16-25-23(30)14-13-22-26-20-15-19(34(32,33)27(2)3)11-12-21(20)28(22)4/h6-12,15H,5,13-14,16-17H2,1-4H3,(H,25,30). The molecule has 2 amide bonds. The van der Waals surface area contributed by atoms with E-state index in [-0.39, 0.29) is 29.7 Å². The molecule has 3 aromatic rings. The van der Waals surface area contributed by atoms with E-state index in [1.54, 1.807) is 23.1 Å². The molecule has 0 saturated carbocycles. The number of likely N-dealkylation sites (N-methyl/N-ethyl adjacent to an activating group) is 1. The largest absolute Gasteiger partial charge is 0.347 e. The summed E-state index contributed by atoms with van der Waals surface area (Å²) >= 11 is 0. The summed E-state index contributed by atoms with van der Waals surface area (Å²) in [5.74, 6) is 0.277. The van der Waals surface area contributed by atoms with Gasteiger partial charge in [0, 0.05) is 47.1 Å². The van der Waals surface area contributed by atoms with Gasteiger partial charge in [-0.1, -0.05) is 30.3 Å². The minimum Gasteiger partial charge on any atom is -0.347 e. The summed E-state index contributed by atoms with van der Waals surface area (Å²) in [5.41, 5.74) is 2.37. The van der Waals surface area contributed by atoms with Gasteiger partial charge in [-0.15, -0.1) is 0 Å². The normalized spacial score (nSPS) is 11.7. The van der Waals surface area contributed by atoms with E-state index in [2.05, 4.69) is 10.3 Å². The second kappa shape index (κ2) is 10.8. The molecule has 1 N–H and O–H groups in total. The number of benzene rings is 2. The van der Waals surface area contributed by atoms with Crippen LogP contribution in [0.15, 0.2) is 53.4 Å². The van der Waals surface area contributed by atoms with Crippen molar-refractivity contribution in [1.82, 2.24) is 24.1 Å². The van der Waals surface area contributed by atoms with Gasteiger partial charge in [0.15, 0.2) is 0 Å². The Bertz CT molecular complexity index is 1270. The van der Waals surface area contributed by atoms with Crippen LogP contribution in [0, 0.1) is 0 Å². The van der Waals surface area contributed by atoms with Crippen LogP contribution in [0.5, 0.6) is 0 Å². The van der Waals surface area contributed by atoms with E-state index in [4.69, 9.17) is 0 Å². The molecule has 182 valence electrons. The number of imidazole rings is 1. The first-order valence-corrected chi connectivity index (χ1v) is 12.5. The molecular formula is C24H31N5O4S. The molecular weight excluding hydrogens is 454 g/mol. The topological polar surface area (TPSA) is 105 Å². The summed E-state index contributed by atoms with van der Waals surface area (Å²) in [4.78, 5) is 31.3. The SMILES string of the molecule is CCN(Cc1ccccc1)C(=O)CNC(=O)CCc1nc2cc(S(=O)(=O)N(C)C)ccc2n1C. The van der Waals surface area contributed by atoms with Crippen molar-refractivity contribution < 1.29 is 18.0 Å². The number of fused-ring (bicyclic) bond motifs is 1. The number of carbonyl (C=O) groups is 2. The zero-order valence-corrected chi connectivity index (χ0v) is 20.8. The van der Waals surface area contributed by atoms with Crippen LogP contribution in [0.3, 0.4) is 0 Å². The lowest BCUT2D eigenvalue weighted by Crippen LogP contribution is -2.39. The number of rotatable bonds is 10. The quantitative estimate of drug-likeness (QED) is 0.472. The third-order valence-corrected chi connectivity index (χ3v) is 7.50. The molecule has 10 heteroatoms. The zero-order valence-electron chi connectivity index (χ0n) is 20.0. The highest BCUT2D eigenvalue weighted by Crippen LogP contribution is 2.21. The Hall–Kier alpha value is -3.24. The van der Waals surface area contributed by atoms with Crippen molar-refractivity contribution >= 4 is 32.9 Å². The van der Waals surface area contributed by atoms with E-state index in [0.717, 1.165) is 15.4 Å². The molecule has 1 aromatic heterocycles. The lowest BCUT2D eigenvalue weighted by atomic mass is 10.2. The van der Waals surface area contributed by atoms with Crippen LogP contribution in [-0.4, -0.2) is 66.2 Å².